The second kappa shape index (κ2) is 7.10. The Labute approximate surface area is 116 Å². The number of piperidine rings is 1. The quantitative estimate of drug-likeness (QED) is 0.818. The van der Waals surface area contributed by atoms with E-state index in [-0.39, 0.29) is 24.1 Å². The van der Waals surface area contributed by atoms with Crippen LogP contribution in [-0.2, 0) is 4.74 Å². The predicted molar refractivity (Wildman–Crippen MR) is 74.4 cm³/mol. The van der Waals surface area contributed by atoms with Crippen LogP contribution in [0, 0.1) is 17.8 Å². The van der Waals surface area contributed by atoms with E-state index >= 15 is 0 Å². The lowest BCUT2D eigenvalue weighted by Crippen LogP contribution is -2.54. The molecule has 0 saturated carbocycles. The summed E-state index contributed by atoms with van der Waals surface area (Å²) in [7, 11) is 0. The van der Waals surface area contributed by atoms with Gasteiger partial charge < -0.3 is 15.6 Å². The summed E-state index contributed by atoms with van der Waals surface area (Å²) in [4.78, 5) is 13.6. The number of nitrogens with two attached hydrogens (primary N) is 1. The summed E-state index contributed by atoms with van der Waals surface area (Å²) >= 11 is 0. The molecule has 1 amide bonds. The van der Waals surface area contributed by atoms with Crippen LogP contribution in [-0.4, -0.2) is 41.5 Å². The molecule has 0 spiro atoms. The van der Waals surface area contributed by atoms with Gasteiger partial charge in [0.2, 0.25) is 0 Å². The Balaban J connectivity index is 2.58. The molecule has 1 fully saturated rings. The molecule has 0 radical (unpaired) electrons. The van der Waals surface area contributed by atoms with Crippen molar-refractivity contribution in [1.82, 2.24) is 4.90 Å². The van der Waals surface area contributed by atoms with Crippen LogP contribution >= 0.6 is 0 Å². The molecular formula is C14H28N2O3. The van der Waals surface area contributed by atoms with Crippen molar-refractivity contribution in [3.8, 4) is 0 Å². The van der Waals surface area contributed by atoms with Gasteiger partial charge in [0.05, 0.1) is 18.9 Å². The van der Waals surface area contributed by atoms with Crippen molar-refractivity contribution >= 4 is 6.09 Å². The average Bonchev–Trinajstić information content (AvgIpc) is 2.35. The van der Waals surface area contributed by atoms with E-state index in [9.17, 15) is 9.90 Å². The molecule has 3 atom stereocenters. The molecule has 3 unspecified atom stereocenters. The van der Waals surface area contributed by atoms with Gasteiger partial charge in [-0.15, -0.1) is 0 Å². The first-order valence-corrected chi connectivity index (χ1v) is 7.20. The first-order chi connectivity index (χ1) is 8.82. The molecule has 19 heavy (non-hydrogen) atoms. The third-order valence-electron chi connectivity index (χ3n) is 3.61. The van der Waals surface area contributed by atoms with E-state index in [1.165, 1.54) is 0 Å². The first kappa shape index (κ1) is 16.2. The van der Waals surface area contributed by atoms with Gasteiger partial charge >= 0.3 is 6.09 Å². The lowest BCUT2D eigenvalue weighted by Gasteiger charge is -2.39. The normalized spacial score (nSPS) is 25.8. The molecule has 1 heterocycles. The van der Waals surface area contributed by atoms with E-state index in [2.05, 4.69) is 0 Å². The second-order valence-electron chi connectivity index (χ2n) is 6.26. The van der Waals surface area contributed by atoms with E-state index in [1.54, 1.807) is 4.90 Å². The van der Waals surface area contributed by atoms with Crippen molar-refractivity contribution in [1.29, 1.82) is 0 Å². The third-order valence-corrected chi connectivity index (χ3v) is 3.61. The maximum atomic E-state index is 12.0. The van der Waals surface area contributed by atoms with Crippen molar-refractivity contribution in [3.05, 3.63) is 0 Å². The lowest BCUT2D eigenvalue weighted by atomic mass is 9.86. The highest BCUT2D eigenvalue weighted by Gasteiger charge is 2.34. The second-order valence-corrected chi connectivity index (χ2v) is 6.26. The number of ether oxygens (including phenoxy) is 1. The maximum absolute atomic E-state index is 12.0. The Hall–Kier alpha value is -0.810. The van der Waals surface area contributed by atoms with Gasteiger partial charge in [-0.05, 0) is 24.7 Å². The van der Waals surface area contributed by atoms with Gasteiger partial charge in [0.15, 0.2) is 0 Å². The van der Waals surface area contributed by atoms with Crippen molar-refractivity contribution < 1.29 is 14.6 Å². The summed E-state index contributed by atoms with van der Waals surface area (Å²) in [6, 6.07) is 0. The number of aliphatic hydroxyl groups excluding tert-OH is 1. The monoisotopic (exact) mass is 272 g/mol. The van der Waals surface area contributed by atoms with Crippen LogP contribution in [0.15, 0.2) is 0 Å². The Morgan fingerprint density at radius 2 is 2.00 bits per heavy atom. The van der Waals surface area contributed by atoms with Gasteiger partial charge in [0, 0.05) is 12.5 Å². The van der Waals surface area contributed by atoms with Crippen molar-refractivity contribution in [3.63, 3.8) is 0 Å². The Bertz CT molecular complexity index is 294. The van der Waals surface area contributed by atoms with Gasteiger partial charge in [-0.25, -0.2) is 4.79 Å². The highest BCUT2D eigenvalue weighted by molar-refractivity contribution is 5.68. The van der Waals surface area contributed by atoms with Gasteiger partial charge in [0.25, 0.3) is 0 Å². The number of nitrogens with zero attached hydrogens (tertiary/aromatic N) is 1. The molecule has 3 N–H and O–H groups in total. The van der Waals surface area contributed by atoms with E-state index in [4.69, 9.17) is 10.5 Å². The summed E-state index contributed by atoms with van der Waals surface area (Å²) in [6.45, 7) is 8.85. The molecule has 0 aromatic rings. The number of hydrogen-bond acceptors (Lipinski definition) is 4. The predicted octanol–water partition coefficient (Wildman–Crippen LogP) is 1.79. The minimum atomic E-state index is -0.395. The minimum Gasteiger partial charge on any atom is -0.449 e. The zero-order valence-electron chi connectivity index (χ0n) is 12.5. The lowest BCUT2D eigenvalue weighted by molar-refractivity contribution is -0.000550. The Morgan fingerprint density at radius 3 is 2.53 bits per heavy atom. The molecule has 0 aromatic carbocycles. The van der Waals surface area contributed by atoms with Crippen LogP contribution in [0.5, 0.6) is 0 Å². The summed E-state index contributed by atoms with van der Waals surface area (Å²) in [5, 5.41) is 10.1. The SMILES string of the molecule is CC(C)COC(=O)N1CC(C(O)C(C)C)CCC1N. The fourth-order valence-electron chi connectivity index (χ4n) is 2.37. The van der Waals surface area contributed by atoms with E-state index in [0.29, 0.717) is 25.5 Å². The Morgan fingerprint density at radius 1 is 1.37 bits per heavy atom. The zero-order valence-corrected chi connectivity index (χ0v) is 12.5. The number of likely N-dealkylation sites (tertiary alicyclic amines) is 1. The number of aliphatic hydroxyl groups is 1. The highest BCUT2D eigenvalue weighted by Crippen LogP contribution is 2.26. The molecule has 1 aliphatic heterocycles. The van der Waals surface area contributed by atoms with Crippen LogP contribution in [0.25, 0.3) is 0 Å². The molecule has 1 rings (SSSR count). The standard InChI is InChI=1S/C14H28N2O3/c1-9(2)8-19-14(18)16-7-11(5-6-12(16)15)13(17)10(3)4/h9-13,17H,5-8,15H2,1-4H3. The average molecular weight is 272 g/mol. The van der Waals surface area contributed by atoms with E-state index in [1.807, 2.05) is 27.7 Å². The largest absolute Gasteiger partial charge is 0.449 e. The zero-order chi connectivity index (χ0) is 14.6. The van der Waals surface area contributed by atoms with E-state index < -0.39 is 6.10 Å². The van der Waals surface area contributed by atoms with Crippen LogP contribution in [0.2, 0.25) is 0 Å². The van der Waals surface area contributed by atoms with Crippen LogP contribution in [0.4, 0.5) is 4.79 Å². The van der Waals surface area contributed by atoms with Crippen LogP contribution in [0.3, 0.4) is 0 Å². The van der Waals surface area contributed by atoms with Gasteiger partial charge in [-0.3, -0.25) is 4.90 Å². The van der Waals surface area contributed by atoms with Crippen LogP contribution < -0.4 is 5.73 Å². The fraction of sp³-hybridized carbons (Fsp3) is 0.929. The topological polar surface area (TPSA) is 75.8 Å². The minimum absolute atomic E-state index is 0.0893. The number of carbonyl (C=O) groups excluding carboxylic acids is 1. The fourth-order valence-corrected chi connectivity index (χ4v) is 2.37. The molecule has 5 heteroatoms. The number of carbonyl (C=O) groups is 1. The molecule has 1 saturated heterocycles. The number of rotatable bonds is 4. The molecule has 112 valence electrons. The Kier molecular flexibility index (Phi) is 6.07. The molecule has 0 aromatic heterocycles. The number of amides is 1. The molecule has 0 bridgehead atoms. The van der Waals surface area contributed by atoms with Gasteiger partial charge in [0.1, 0.15) is 0 Å². The van der Waals surface area contributed by atoms with E-state index in [0.717, 1.165) is 6.42 Å². The van der Waals surface area contributed by atoms with Crippen LogP contribution in [0.1, 0.15) is 40.5 Å². The van der Waals surface area contributed by atoms with Gasteiger partial charge in [-0.1, -0.05) is 27.7 Å². The molecule has 0 aliphatic carbocycles. The third kappa shape index (κ3) is 4.66. The summed E-state index contributed by atoms with van der Waals surface area (Å²) in [6.07, 6.45) is 0.518. The summed E-state index contributed by atoms with van der Waals surface area (Å²) < 4.78 is 5.23. The molecular weight excluding hydrogens is 244 g/mol. The summed E-state index contributed by atoms with van der Waals surface area (Å²) in [5.74, 6) is 0.585. The van der Waals surface area contributed by atoms with Crippen molar-refractivity contribution in [2.45, 2.75) is 52.8 Å². The smallest absolute Gasteiger partial charge is 0.411 e. The van der Waals surface area contributed by atoms with Crippen molar-refractivity contribution in [2.24, 2.45) is 23.5 Å². The number of hydrogen-bond donors (Lipinski definition) is 2. The molecule has 5 nitrogen and oxygen atoms in total. The van der Waals surface area contributed by atoms with Crippen molar-refractivity contribution in [2.75, 3.05) is 13.2 Å². The van der Waals surface area contributed by atoms with Gasteiger partial charge in [-0.2, -0.15) is 0 Å². The summed E-state index contributed by atoms with van der Waals surface area (Å²) in [5.41, 5.74) is 5.97. The maximum Gasteiger partial charge on any atom is 0.411 e. The highest BCUT2D eigenvalue weighted by atomic mass is 16.6. The molecule has 1 aliphatic rings. The first-order valence-electron chi connectivity index (χ1n) is 7.20.